The highest BCUT2D eigenvalue weighted by molar-refractivity contribution is 7.15. The molecule has 1 aliphatic rings. The first-order valence-corrected chi connectivity index (χ1v) is 7.34. The number of benzene rings is 1. The number of hydrogen-bond donors (Lipinski definition) is 1. The number of aliphatic carboxylic acids is 1. The van der Waals surface area contributed by atoms with E-state index in [4.69, 9.17) is 5.11 Å². The molecule has 0 bridgehead atoms. The van der Waals surface area contributed by atoms with Gasteiger partial charge in [-0.2, -0.15) is 0 Å². The largest absolute Gasteiger partial charge is 0.481 e. The van der Waals surface area contributed by atoms with E-state index >= 15 is 0 Å². The average molecular weight is 303 g/mol. The molecule has 1 aromatic carbocycles. The van der Waals surface area contributed by atoms with Crippen LogP contribution in [0.5, 0.6) is 0 Å². The zero-order valence-corrected chi connectivity index (χ0v) is 11.9. The maximum atomic E-state index is 11.9. The lowest BCUT2D eigenvalue weighted by Crippen LogP contribution is -2.25. The van der Waals surface area contributed by atoms with E-state index in [1.165, 1.54) is 16.2 Å². The van der Waals surface area contributed by atoms with Gasteiger partial charge in [-0.05, 0) is 5.56 Å². The van der Waals surface area contributed by atoms with Gasteiger partial charge < -0.3 is 5.11 Å². The Morgan fingerprint density at radius 3 is 2.76 bits per heavy atom. The zero-order valence-electron chi connectivity index (χ0n) is 11.1. The van der Waals surface area contributed by atoms with Gasteiger partial charge in [-0.15, -0.1) is 10.2 Å². The fourth-order valence-electron chi connectivity index (χ4n) is 2.25. The smallest absolute Gasteiger partial charge is 0.308 e. The van der Waals surface area contributed by atoms with Crippen LogP contribution in [0.15, 0.2) is 30.3 Å². The summed E-state index contributed by atoms with van der Waals surface area (Å²) in [5.41, 5.74) is 1.12. The molecule has 2 aromatic rings. The number of aromatic nitrogens is 2. The number of rotatable bonds is 4. The fourth-order valence-corrected chi connectivity index (χ4v) is 3.15. The highest BCUT2D eigenvalue weighted by atomic mass is 32.1. The first-order chi connectivity index (χ1) is 10.1. The summed E-state index contributed by atoms with van der Waals surface area (Å²) in [6, 6.07) is 9.87. The quantitative estimate of drug-likeness (QED) is 0.927. The normalized spacial score (nSPS) is 18.2. The molecule has 1 N–H and O–H groups in total. The average Bonchev–Trinajstić information content (AvgIpc) is 3.06. The van der Waals surface area contributed by atoms with Crippen LogP contribution in [-0.4, -0.2) is 33.7 Å². The summed E-state index contributed by atoms with van der Waals surface area (Å²) in [6.45, 7) is 0.175. The van der Waals surface area contributed by atoms with Gasteiger partial charge >= 0.3 is 5.97 Å². The molecule has 1 saturated heterocycles. The number of carboxylic acids is 1. The molecular formula is C14H13N3O3S. The van der Waals surface area contributed by atoms with Gasteiger partial charge in [0.2, 0.25) is 11.0 Å². The Kier molecular flexibility index (Phi) is 3.66. The van der Waals surface area contributed by atoms with E-state index in [1.807, 2.05) is 30.3 Å². The summed E-state index contributed by atoms with van der Waals surface area (Å²) < 4.78 is 0. The van der Waals surface area contributed by atoms with Gasteiger partial charge in [-0.3, -0.25) is 14.5 Å². The molecule has 108 valence electrons. The molecule has 0 saturated carbocycles. The van der Waals surface area contributed by atoms with Crippen molar-refractivity contribution in [2.24, 2.45) is 5.92 Å². The van der Waals surface area contributed by atoms with Crippen LogP contribution in [0.2, 0.25) is 0 Å². The topological polar surface area (TPSA) is 83.4 Å². The highest BCUT2D eigenvalue weighted by Gasteiger charge is 2.36. The number of amides is 1. The van der Waals surface area contributed by atoms with Crippen molar-refractivity contribution in [3.63, 3.8) is 0 Å². The van der Waals surface area contributed by atoms with Crippen molar-refractivity contribution in [1.29, 1.82) is 0 Å². The predicted molar refractivity (Wildman–Crippen MR) is 77.3 cm³/mol. The van der Waals surface area contributed by atoms with Crippen molar-refractivity contribution >= 4 is 28.3 Å². The minimum Gasteiger partial charge on any atom is -0.481 e. The van der Waals surface area contributed by atoms with Gasteiger partial charge in [0, 0.05) is 19.4 Å². The van der Waals surface area contributed by atoms with E-state index in [0.29, 0.717) is 11.6 Å². The molecule has 6 nitrogen and oxygen atoms in total. The lowest BCUT2D eigenvalue weighted by molar-refractivity contribution is -0.141. The van der Waals surface area contributed by atoms with E-state index in [2.05, 4.69) is 10.2 Å². The molecule has 0 spiro atoms. The SMILES string of the molecule is O=C(O)C1CC(=O)N(c2nnc(Cc3ccccc3)s2)C1. The second kappa shape index (κ2) is 5.61. The van der Waals surface area contributed by atoms with Crippen molar-refractivity contribution in [2.75, 3.05) is 11.4 Å². The summed E-state index contributed by atoms with van der Waals surface area (Å²) in [6.07, 6.45) is 0.686. The van der Waals surface area contributed by atoms with Crippen molar-refractivity contribution in [2.45, 2.75) is 12.8 Å². The van der Waals surface area contributed by atoms with Gasteiger partial charge in [0.1, 0.15) is 5.01 Å². The van der Waals surface area contributed by atoms with Crippen molar-refractivity contribution < 1.29 is 14.7 Å². The summed E-state index contributed by atoms with van der Waals surface area (Å²) in [5, 5.41) is 18.4. The van der Waals surface area contributed by atoms with Crippen molar-refractivity contribution in [3.8, 4) is 0 Å². The molecule has 7 heteroatoms. The summed E-state index contributed by atoms with van der Waals surface area (Å²) >= 11 is 1.33. The van der Waals surface area contributed by atoms with Crippen LogP contribution in [0.4, 0.5) is 5.13 Å². The van der Waals surface area contributed by atoms with Crippen molar-refractivity contribution in [3.05, 3.63) is 40.9 Å². The second-order valence-corrected chi connectivity index (χ2v) is 5.92. The first kappa shape index (κ1) is 13.7. The van der Waals surface area contributed by atoms with Gasteiger partial charge in [0.15, 0.2) is 0 Å². The zero-order chi connectivity index (χ0) is 14.8. The van der Waals surface area contributed by atoms with Gasteiger partial charge in [-0.1, -0.05) is 41.7 Å². The molecule has 1 amide bonds. The molecule has 21 heavy (non-hydrogen) atoms. The number of nitrogens with zero attached hydrogens (tertiary/aromatic N) is 3. The van der Waals surface area contributed by atoms with Crippen LogP contribution in [0.3, 0.4) is 0 Å². The molecule has 2 heterocycles. The standard InChI is InChI=1S/C14H13N3O3S/c18-12-7-10(13(19)20)8-17(12)14-16-15-11(21-14)6-9-4-2-1-3-5-9/h1-5,10H,6-8H2,(H,19,20). The van der Waals surface area contributed by atoms with Gasteiger partial charge in [0.05, 0.1) is 5.92 Å². The Morgan fingerprint density at radius 2 is 2.10 bits per heavy atom. The van der Waals surface area contributed by atoms with Crippen LogP contribution >= 0.6 is 11.3 Å². The minimum atomic E-state index is -0.945. The number of carbonyl (C=O) groups is 2. The third-order valence-electron chi connectivity index (χ3n) is 3.36. The molecule has 0 aliphatic carbocycles. The summed E-state index contributed by atoms with van der Waals surface area (Å²) in [5.74, 6) is -1.80. The van der Waals surface area contributed by atoms with Crippen LogP contribution in [0, 0.1) is 5.92 Å². The first-order valence-electron chi connectivity index (χ1n) is 6.53. The fraction of sp³-hybridized carbons (Fsp3) is 0.286. The lowest BCUT2D eigenvalue weighted by Gasteiger charge is -2.10. The molecule has 1 fully saturated rings. The predicted octanol–water partition coefficient (Wildman–Crippen LogP) is 1.57. The number of carbonyl (C=O) groups excluding carboxylic acids is 1. The van der Waals surface area contributed by atoms with Crippen LogP contribution < -0.4 is 4.90 Å². The van der Waals surface area contributed by atoms with E-state index < -0.39 is 11.9 Å². The number of anilines is 1. The van der Waals surface area contributed by atoms with Gasteiger partial charge in [0.25, 0.3) is 0 Å². The monoisotopic (exact) mass is 303 g/mol. The Balaban J connectivity index is 1.73. The molecule has 1 atom stereocenters. The molecule has 1 aliphatic heterocycles. The Morgan fingerprint density at radius 1 is 1.33 bits per heavy atom. The molecule has 1 unspecified atom stereocenters. The summed E-state index contributed by atoms with van der Waals surface area (Å²) in [4.78, 5) is 24.2. The number of carboxylic acid groups (broad SMARTS) is 1. The minimum absolute atomic E-state index is 0.0307. The van der Waals surface area contributed by atoms with Gasteiger partial charge in [-0.25, -0.2) is 0 Å². The molecule has 0 radical (unpaired) electrons. The third-order valence-corrected chi connectivity index (χ3v) is 4.31. The van der Waals surface area contributed by atoms with Crippen LogP contribution in [-0.2, 0) is 16.0 Å². The van der Waals surface area contributed by atoms with E-state index in [1.54, 1.807) is 0 Å². The molecule has 3 rings (SSSR count). The van der Waals surface area contributed by atoms with Crippen LogP contribution in [0.1, 0.15) is 17.0 Å². The number of hydrogen-bond acceptors (Lipinski definition) is 5. The Bertz CT molecular complexity index is 671. The van der Waals surface area contributed by atoms with Crippen LogP contribution in [0.25, 0.3) is 0 Å². The Labute approximate surface area is 125 Å². The molecular weight excluding hydrogens is 290 g/mol. The van der Waals surface area contributed by atoms with E-state index in [0.717, 1.165) is 10.6 Å². The van der Waals surface area contributed by atoms with E-state index in [9.17, 15) is 9.59 Å². The maximum absolute atomic E-state index is 11.9. The third kappa shape index (κ3) is 2.92. The summed E-state index contributed by atoms with van der Waals surface area (Å²) in [7, 11) is 0. The highest BCUT2D eigenvalue weighted by Crippen LogP contribution is 2.28. The van der Waals surface area contributed by atoms with E-state index in [-0.39, 0.29) is 18.9 Å². The lowest BCUT2D eigenvalue weighted by atomic mass is 10.1. The Hall–Kier alpha value is -2.28. The maximum Gasteiger partial charge on any atom is 0.308 e. The second-order valence-electron chi connectivity index (χ2n) is 4.88. The van der Waals surface area contributed by atoms with Crippen molar-refractivity contribution in [1.82, 2.24) is 10.2 Å². The molecule has 1 aromatic heterocycles.